The van der Waals surface area contributed by atoms with Crippen molar-refractivity contribution in [1.29, 1.82) is 0 Å². The number of carbonyl (C=O) groups excluding carboxylic acids is 2. The normalized spacial score (nSPS) is 19.2. The summed E-state index contributed by atoms with van der Waals surface area (Å²) in [6.07, 6.45) is -0.942. The highest BCUT2D eigenvalue weighted by Gasteiger charge is 2.41. The standard InChI is InChI=1S/C14H12F2N2O5/c1-6(21-2)9-5-22-14(20)18(9)13-8-3-7(4-19)10(15)11(16)12(8)23-17-13/h3-4,6,9H,5H2,1-2H3. The van der Waals surface area contributed by atoms with Crippen LogP contribution in [-0.2, 0) is 9.47 Å². The number of methoxy groups -OCH3 is 1. The molecule has 0 radical (unpaired) electrons. The number of cyclic esters (lactones) is 1. The van der Waals surface area contributed by atoms with Gasteiger partial charge in [-0.3, -0.25) is 4.79 Å². The van der Waals surface area contributed by atoms with Crippen LogP contribution in [0.2, 0.25) is 0 Å². The predicted molar refractivity (Wildman–Crippen MR) is 73.4 cm³/mol. The van der Waals surface area contributed by atoms with Crippen LogP contribution in [0.15, 0.2) is 10.6 Å². The Kier molecular flexibility index (Phi) is 3.72. The lowest BCUT2D eigenvalue weighted by Gasteiger charge is -2.23. The number of hydrogen-bond acceptors (Lipinski definition) is 6. The van der Waals surface area contributed by atoms with E-state index in [2.05, 4.69) is 5.16 Å². The lowest BCUT2D eigenvalue weighted by atomic mass is 10.1. The summed E-state index contributed by atoms with van der Waals surface area (Å²) in [5.74, 6) is -2.73. The summed E-state index contributed by atoms with van der Waals surface area (Å²) < 4.78 is 42.5. The van der Waals surface area contributed by atoms with Gasteiger partial charge in [-0.15, -0.1) is 0 Å². The number of aldehydes is 1. The Labute approximate surface area is 128 Å². The molecule has 1 saturated heterocycles. The highest BCUT2D eigenvalue weighted by atomic mass is 19.2. The van der Waals surface area contributed by atoms with Gasteiger partial charge in [0.1, 0.15) is 12.6 Å². The maximum absolute atomic E-state index is 13.9. The average molecular weight is 326 g/mol. The number of rotatable bonds is 4. The predicted octanol–water partition coefficient (Wildman–Crippen LogP) is 2.28. The van der Waals surface area contributed by atoms with Crippen molar-refractivity contribution in [3.63, 3.8) is 0 Å². The largest absolute Gasteiger partial charge is 0.447 e. The summed E-state index contributed by atoms with van der Waals surface area (Å²) in [7, 11) is 1.46. The zero-order valence-electron chi connectivity index (χ0n) is 12.2. The number of aromatic nitrogens is 1. The van der Waals surface area contributed by atoms with E-state index in [-0.39, 0.29) is 24.1 Å². The van der Waals surface area contributed by atoms with E-state index in [1.165, 1.54) is 7.11 Å². The fourth-order valence-electron chi connectivity index (χ4n) is 2.46. The molecular formula is C14H12F2N2O5. The molecule has 2 aromatic rings. The van der Waals surface area contributed by atoms with E-state index in [1.807, 2.05) is 0 Å². The highest BCUT2D eigenvalue weighted by molar-refractivity contribution is 6.01. The van der Waals surface area contributed by atoms with Crippen molar-refractivity contribution in [2.24, 2.45) is 0 Å². The minimum absolute atomic E-state index is 0.00171. The van der Waals surface area contributed by atoms with E-state index in [4.69, 9.17) is 14.0 Å². The van der Waals surface area contributed by atoms with E-state index < -0.39 is 41.0 Å². The molecule has 0 bridgehead atoms. The maximum atomic E-state index is 13.9. The summed E-state index contributed by atoms with van der Waals surface area (Å²) in [5, 5.41) is 3.64. The molecule has 7 nitrogen and oxygen atoms in total. The topological polar surface area (TPSA) is 81.9 Å². The number of carbonyl (C=O) groups is 2. The van der Waals surface area contributed by atoms with Gasteiger partial charge >= 0.3 is 6.09 Å². The zero-order valence-corrected chi connectivity index (χ0v) is 12.2. The quantitative estimate of drug-likeness (QED) is 0.802. The number of hydrogen-bond donors (Lipinski definition) is 0. The Balaban J connectivity index is 2.18. The fraction of sp³-hybridized carbons (Fsp3) is 0.357. The van der Waals surface area contributed by atoms with E-state index in [0.717, 1.165) is 11.0 Å². The zero-order chi connectivity index (χ0) is 16.7. The van der Waals surface area contributed by atoms with Gasteiger partial charge in [-0.05, 0) is 13.0 Å². The van der Waals surface area contributed by atoms with Crippen molar-refractivity contribution in [2.45, 2.75) is 19.1 Å². The Morgan fingerprint density at radius 3 is 2.87 bits per heavy atom. The molecule has 0 N–H and O–H groups in total. The molecule has 1 aromatic heterocycles. The lowest BCUT2D eigenvalue weighted by molar-refractivity contribution is 0.0881. The molecule has 0 aliphatic carbocycles. The number of halogens is 2. The van der Waals surface area contributed by atoms with Gasteiger partial charge in [-0.1, -0.05) is 5.16 Å². The van der Waals surface area contributed by atoms with E-state index in [9.17, 15) is 18.4 Å². The second kappa shape index (κ2) is 5.58. The minimum Gasteiger partial charge on any atom is -0.447 e. The number of nitrogens with zero attached hydrogens (tertiary/aromatic N) is 2. The third kappa shape index (κ3) is 2.24. The summed E-state index contributed by atoms with van der Waals surface area (Å²) in [5.41, 5.74) is -0.977. The van der Waals surface area contributed by atoms with Crippen LogP contribution in [0.5, 0.6) is 0 Å². The number of benzene rings is 1. The number of anilines is 1. The highest BCUT2D eigenvalue weighted by Crippen LogP contribution is 2.34. The van der Waals surface area contributed by atoms with Crippen LogP contribution in [0.1, 0.15) is 17.3 Å². The lowest BCUT2D eigenvalue weighted by Crippen LogP contribution is -2.42. The number of ether oxygens (including phenoxy) is 2. The van der Waals surface area contributed by atoms with Crippen molar-refractivity contribution in [2.75, 3.05) is 18.6 Å². The molecule has 1 aliphatic rings. The molecule has 9 heteroatoms. The molecule has 1 aromatic carbocycles. The molecule has 0 spiro atoms. The summed E-state index contributed by atoms with van der Waals surface area (Å²) in [4.78, 5) is 24.0. The SMILES string of the molecule is COC(C)C1COC(=O)N1c1noc2c(F)c(F)c(C=O)cc12. The van der Waals surface area contributed by atoms with Crippen LogP contribution in [0.3, 0.4) is 0 Å². The smallest absolute Gasteiger partial charge is 0.416 e. The van der Waals surface area contributed by atoms with Gasteiger partial charge in [-0.2, -0.15) is 4.39 Å². The van der Waals surface area contributed by atoms with Crippen molar-refractivity contribution < 1.29 is 32.4 Å². The molecule has 2 heterocycles. The Bertz CT molecular complexity index is 791. The molecule has 1 fully saturated rings. The first-order chi connectivity index (χ1) is 11.0. The molecule has 2 atom stereocenters. The molecule has 2 unspecified atom stereocenters. The van der Waals surface area contributed by atoms with Crippen molar-refractivity contribution in [1.82, 2.24) is 5.16 Å². The van der Waals surface area contributed by atoms with Crippen LogP contribution >= 0.6 is 0 Å². The summed E-state index contributed by atoms with van der Waals surface area (Å²) in [6.45, 7) is 1.77. The van der Waals surface area contributed by atoms with Gasteiger partial charge in [0.15, 0.2) is 17.9 Å². The van der Waals surface area contributed by atoms with Crippen molar-refractivity contribution >= 4 is 29.2 Å². The van der Waals surface area contributed by atoms with Crippen LogP contribution in [0.4, 0.5) is 19.4 Å². The van der Waals surface area contributed by atoms with Crippen molar-refractivity contribution in [3.05, 3.63) is 23.3 Å². The van der Waals surface area contributed by atoms with Crippen molar-refractivity contribution in [3.8, 4) is 0 Å². The van der Waals surface area contributed by atoms with Crippen LogP contribution in [-0.4, -0.2) is 43.4 Å². The van der Waals surface area contributed by atoms with Gasteiger partial charge in [0.2, 0.25) is 11.4 Å². The van der Waals surface area contributed by atoms with E-state index in [0.29, 0.717) is 0 Å². The summed E-state index contributed by atoms with van der Waals surface area (Å²) in [6, 6.07) is 0.556. The first kappa shape index (κ1) is 15.3. The monoisotopic (exact) mass is 326 g/mol. The second-order valence-corrected chi connectivity index (χ2v) is 5.05. The van der Waals surface area contributed by atoms with E-state index in [1.54, 1.807) is 6.92 Å². The Morgan fingerprint density at radius 1 is 1.48 bits per heavy atom. The first-order valence-electron chi connectivity index (χ1n) is 6.71. The van der Waals surface area contributed by atoms with Gasteiger partial charge in [0, 0.05) is 7.11 Å². The Hall–Kier alpha value is -2.55. The summed E-state index contributed by atoms with van der Waals surface area (Å²) >= 11 is 0. The van der Waals surface area contributed by atoms with Gasteiger partial charge in [0.05, 0.1) is 17.1 Å². The number of amides is 1. The molecule has 23 heavy (non-hydrogen) atoms. The van der Waals surface area contributed by atoms with Gasteiger partial charge in [0.25, 0.3) is 0 Å². The third-order valence-electron chi connectivity index (χ3n) is 3.83. The fourth-order valence-corrected chi connectivity index (χ4v) is 2.46. The molecule has 122 valence electrons. The Morgan fingerprint density at radius 2 is 2.22 bits per heavy atom. The average Bonchev–Trinajstić information content (AvgIpc) is 3.13. The molecule has 3 rings (SSSR count). The van der Waals surface area contributed by atoms with Gasteiger partial charge in [-0.25, -0.2) is 14.1 Å². The third-order valence-corrected chi connectivity index (χ3v) is 3.83. The second-order valence-electron chi connectivity index (χ2n) is 5.05. The first-order valence-corrected chi connectivity index (χ1v) is 6.71. The molecule has 1 aliphatic heterocycles. The maximum Gasteiger partial charge on any atom is 0.416 e. The van der Waals surface area contributed by atoms with Crippen LogP contribution in [0.25, 0.3) is 11.0 Å². The van der Waals surface area contributed by atoms with Crippen LogP contribution < -0.4 is 4.90 Å². The van der Waals surface area contributed by atoms with Gasteiger partial charge < -0.3 is 14.0 Å². The minimum atomic E-state index is -1.34. The molecule has 1 amide bonds. The molecular weight excluding hydrogens is 314 g/mol. The number of fused-ring (bicyclic) bond motifs is 1. The van der Waals surface area contributed by atoms with E-state index >= 15 is 0 Å². The van der Waals surface area contributed by atoms with Crippen LogP contribution in [0, 0.1) is 11.6 Å². The molecule has 0 saturated carbocycles.